The molecule has 0 atom stereocenters. The lowest BCUT2D eigenvalue weighted by molar-refractivity contribution is 0.101. The van der Waals surface area contributed by atoms with E-state index in [4.69, 9.17) is 9.26 Å². The number of ether oxygens (including phenoxy) is 1. The molecule has 4 rings (SSSR count). The van der Waals surface area contributed by atoms with E-state index in [0.29, 0.717) is 33.9 Å². The minimum absolute atomic E-state index is 0.0483. The van der Waals surface area contributed by atoms with Gasteiger partial charge in [-0.25, -0.2) is 4.39 Å². The van der Waals surface area contributed by atoms with E-state index in [1.807, 2.05) is 25.1 Å². The topological polar surface area (TPSA) is 82.2 Å². The van der Waals surface area contributed by atoms with Crippen molar-refractivity contribution in [3.63, 3.8) is 0 Å². The van der Waals surface area contributed by atoms with Crippen LogP contribution in [-0.2, 0) is 13.2 Å². The second kappa shape index (κ2) is 9.35. The lowest BCUT2D eigenvalue weighted by atomic mass is 10.1. The molecule has 2 aromatic carbocycles. The van der Waals surface area contributed by atoms with Crippen LogP contribution >= 0.6 is 15.9 Å². The van der Waals surface area contributed by atoms with Gasteiger partial charge in [-0.15, -0.1) is 0 Å². The van der Waals surface area contributed by atoms with Crippen molar-refractivity contribution < 1.29 is 18.4 Å². The first-order chi connectivity index (χ1) is 15.4. The van der Waals surface area contributed by atoms with Gasteiger partial charge in [0.1, 0.15) is 23.9 Å². The minimum Gasteiger partial charge on any atom is -0.489 e. The Morgan fingerprint density at radius 2 is 2.00 bits per heavy atom. The predicted octanol–water partition coefficient (Wildman–Crippen LogP) is 5.27. The first-order valence-corrected chi connectivity index (χ1v) is 10.6. The van der Waals surface area contributed by atoms with Gasteiger partial charge < -0.3 is 14.6 Å². The molecule has 9 heteroatoms. The number of nitrogens with one attached hydrogen (secondary N) is 1. The maximum Gasteiger partial charge on any atom is 0.279 e. The third-order valence-electron chi connectivity index (χ3n) is 4.77. The van der Waals surface area contributed by atoms with E-state index in [2.05, 4.69) is 37.6 Å². The summed E-state index contributed by atoms with van der Waals surface area (Å²) < 4.78 is 26.3. The third kappa shape index (κ3) is 5.05. The molecule has 7 nitrogen and oxygen atoms in total. The van der Waals surface area contributed by atoms with Gasteiger partial charge in [-0.3, -0.25) is 9.48 Å². The highest BCUT2D eigenvalue weighted by Gasteiger charge is 2.22. The van der Waals surface area contributed by atoms with E-state index in [0.717, 1.165) is 5.56 Å². The fourth-order valence-electron chi connectivity index (χ4n) is 3.15. The van der Waals surface area contributed by atoms with Crippen molar-refractivity contribution in [1.29, 1.82) is 0 Å². The average molecular weight is 499 g/mol. The molecule has 4 aromatic rings. The quantitative estimate of drug-likeness (QED) is 0.375. The van der Waals surface area contributed by atoms with Crippen LogP contribution in [0.25, 0.3) is 0 Å². The summed E-state index contributed by atoms with van der Waals surface area (Å²) in [7, 11) is 0. The van der Waals surface area contributed by atoms with Crippen LogP contribution in [0.3, 0.4) is 0 Å². The highest BCUT2D eigenvalue weighted by Crippen LogP contribution is 2.23. The molecule has 0 radical (unpaired) electrons. The van der Waals surface area contributed by atoms with Crippen LogP contribution in [0.1, 0.15) is 32.9 Å². The number of rotatable bonds is 7. The smallest absolute Gasteiger partial charge is 0.279 e. The number of aryl methyl sites for hydroxylation is 2. The number of benzene rings is 2. The van der Waals surface area contributed by atoms with Gasteiger partial charge in [-0.05, 0) is 59.6 Å². The molecule has 0 spiro atoms. The zero-order valence-electron chi connectivity index (χ0n) is 17.4. The molecule has 0 unspecified atom stereocenters. The number of aromatic nitrogens is 3. The SMILES string of the molecule is Cc1cccc(Cn2cc(Br)c(NC(=O)c3noc(C)c3COc3ccc(F)cc3)n2)c1. The van der Waals surface area contributed by atoms with Gasteiger partial charge in [0.25, 0.3) is 5.91 Å². The van der Waals surface area contributed by atoms with Crippen LogP contribution in [-0.4, -0.2) is 20.8 Å². The number of hydrogen-bond acceptors (Lipinski definition) is 5. The molecule has 0 saturated heterocycles. The van der Waals surface area contributed by atoms with Gasteiger partial charge in [0.15, 0.2) is 11.5 Å². The molecule has 0 saturated carbocycles. The summed E-state index contributed by atoms with van der Waals surface area (Å²) in [5.74, 6) is 0.470. The second-order valence-electron chi connectivity index (χ2n) is 7.27. The Bertz CT molecular complexity index is 1250. The largest absolute Gasteiger partial charge is 0.489 e. The number of carbonyl (C=O) groups is 1. The van der Waals surface area contributed by atoms with Gasteiger partial charge in [0, 0.05) is 6.20 Å². The van der Waals surface area contributed by atoms with Crippen LogP contribution < -0.4 is 10.1 Å². The summed E-state index contributed by atoms with van der Waals surface area (Å²) in [6.07, 6.45) is 1.80. The predicted molar refractivity (Wildman–Crippen MR) is 120 cm³/mol. The van der Waals surface area contributed by atoms with Crippen LogP contribution in [0.15, 0.2) is 63.7 Å². The maximum atomic E-state index is 13.1. The van der Waals surface area contributed by atoms with E-state index < -0.39 is 5.91 Å². The Kier molecular flexibility index (Phi) is 6.36. The second-order valence-corrected chi connectivity index (χ2v) is 8.13. The van der Waals surface area contributed by atoms with Crippen molar-refractivity contribution >= 4 is 27.7 Å². The molecule has 0 fully saturated rings. The minimum atomic E-state index is -0.471. The van der Waals surface area contributed by atoms with E-state index in [-0.39, 0.29) is 18.1 Å². The molecule has 1 amide bonds. The molecule has 0 aliphatic carbocycles. The monoisotopic (exact) mass is 498 g/mol. The summed E-state index contributed by atoms with van der Waals surface area (Å²) in [5.41, 5.74) is 2.87. The van der Waals surface area contributed by atoms with Crippen LogP contribution in [0, 0.1) is 19.7 Å². The zero-order chi connectivity index (χ0) is 22.7. The molecule has 0 aliphatic rings. The van der Waals surface area contributed by atoms with Gasteiger partial charge >= 0.3 is 0 Å². The fourth-order valence-corrected chi connectivity index (χ4v) is 3.57. The summed E-state index contributed by atoms with van der Waals surface area (Å²) in [4.78, 5) is 12.9. The van der Waals surface area contributed by atoms with Crippen molar-refractivity contribution in [3.05, 3.63) is 93.2 Å². The van der Waals surface area contributed by atoms with Crippen LogP contribution in [0.5, 0.6) is 5.75 Å². The molecule has 2 heterocycles. The summed E-state index contributed by atoms with van der Waals surface area (Å²) in [5, 5.41) is 11.1. The van der Waals surface area contributed by atoms with Crippen molar-refractivity contribution in [1.82, 2.24) is 14.9 Å². The molecule has 164 valence electrons. The fraction of sp³-hybridized carbons (Fsp3) is 0.174. The number of halogens is 2. The molecule has 2 aromatic heterocycles. The zero-order valence-corrected chi connectivity index (χ0v) is 19.0. The Labute approximate surface area is 192 Å². The number of amides is 1. The summed E-state index contributed by atoms with van der Waals surface area (Å²) in [6.45, 7) is 4.34. The van der Waals surface area contributed by atoms with E-state index in [9.17, 15) is 9.18 Å². The third-order valence-corrected chi connectivity index (χ3v) is 5.35. The number of hydrogen-bond donors (Lipinski definition) is 1. The van der Waals surface area contributed by atoms with Crippen molar-refractivity contribution in [3.8, 4) is 5.75 Å². The van der Waals surface area contributed by atoms with Crippen molar-refractivity contribution in [2.75, 3.05) is 5.32 Å². The van der Waals surface area contributed by atoms with Crippen LogP contribution in [0.4, 0.5) is 10.2 Å². The summed E-state index contributed by atoms with van der Waals surface area (Å²) >= 11 is 3.44. The molecular formula is C23H20BrFN4O3. The molecule has 0 aliphatic heterocycles. The number of carbonyl (C=O) groups excluding carboxylic acids is 1. The number of nitrogens with zero attached hydrogens (tertiary/aromatic N) is 3. The van der Waals surface area contributed by atoms with Gasteiger partial charge in [0.05, 0.1) is 16.6 Å². The molecular weight excluding hydrogens is 479 g/mol. The highest BCUT2D eigenvalue weighted by molar-refractivity contribution is 9.10. The van der Waals surface area contributed by atoms with E-state index in [1.54, 1.807) is 17.8 Å². The normalized spacial score (nSPS) is 10.9. The Hall–Kier alpha value is -3.46. The van der Waals surface area contributed by atoms with Crippen molar-refractivity contribution in [2.24, 2.45) is 0 Å². The highest BCUT2D eigenvalue weighted by atomic mass is 79.9. The van der Waals surface area contributed by atoms with E-state index in [1.165, 1.54) is 29.8 Å². The Morgan fingerprint density at radius 1 is 1.22 bits per heavy atom. The van der Waals surface area contributed by atoms with Gasteiger partial charge in [0.2, 0.25) is 0 Å². The Morgan fingerprint density at radius 3 is 2.75 bits per heavy atom. The lowest BCUT2D eigenvalue weighted by Crippen LogP contribution is -2.16. The first kappa shape index (κ1) is 21.8. The van der Waals surface area contributed by atoms with Gasteiger partial charge in [-0.1, -0.05) is 35.0 Å². The van der Waals surface area contributed by atoms with E-state index >= 15 is 0 Å². The first-order valence-electron chi connectivity index (χ1n) is 9.82. The molecule has 32 heavy (non-hydrogen) atoms. The average Bonchev–Trinajstić information content (AvgIpc) is 3.29. The van der Waals surface area contributed by atoms with Gasteiger partial charge in [-0.2, -0.15) is 5.10 Å². The molecule has 0 bridgehead atoms. The van der Waals surface area contributed by atoms with Crippen molar-refractivity contribution in [2.45, 2.75) is 27.0 Å². The molecule has 1 N–H and O–H groups in total. The summed E-state index contributed by atoms with van der Waals surface area (Å²) in [6, 6.07) is 13.7. The van der Waals surface area contributed by atoms with Crippen LogP contribution in [0.2, 0.25) is 0 Å². The number of anilines is 1. The Balaban J connectivity index is 1.46. The maximum absolute atomic E-state index is 13.1. The standard InChI is InChI=1S/C23H20BrFN4O3/c1-14-4-3-5-16(10-14)11-29-12-20(24)22(27-29)26-23(30)21-19(15(2)32-28-21)13-31-18-8-6-17(25)7-9-18/h3-10,12H,11,13H2,1-2H3,(H,26,27,30). The lowest BCUT2D eigenvalue weighted by Gasteiger charge is -2.07.